The lowest BCUT2D eigenvalue weighted by Crippen LogP contribution is -2.26. The highest BCUT2D eigenvalue weighted by Gasteiger charge is 2.32. The maximum absolute atomic E-state index is 5.63. The Balaban J connectivity index is 1.44. The van der Waals surface area contributed by atoms with Crippen molar-refractivity contribution in [3.05, 3.63) is 71.0 Å². The number of rotatable bonds is 8. The van der Waals surface area contributed by atoms with Crippen molar-refractivity contribution < 1.29 is 9.47 Å². The van der Waals surface area contributed by atoms with Gasteiger partial charge < -0.3 is 9.47 Å². The van der Waals surface area contributed by atoms with Crippen LogP contribution >= 0.6 is 0 Å². The van der Waals surface area contributed by atoms with Crippen LogP contribution in [-0.4, -0.2) is 34.9 Å². The first kappa shape index (κ1) is 19.2. The Labute approximate surface area is 178 Å². The molecule has 0 aliphatic heterocycles. The van der Waals surface area contributed by atoms with Crippen LogP contribution in [0.2, 0.25) is 0 Å². The SMILES string of the molecule is COc1ccc(OC)c(CN(Cc2nn(-c3ccccc3)c3c2CCC3)C2CC2)c1. The molecule has 0 amide bonds. The zero-order valence-corrected chi connectivity index (χ0v) is 17.8. The second kappa shape index (κ2) is 8.15. The van der Waals surface area contributed by atoms with Crippen molar-refractivity contribution in [1.29, 1.82) is 0 Å². The Bertz CT molecular complexity index is 1020. The topological polar surface area (TPSA) is 39.5 Å². The third kappa shape index (κ3) is 3.70. The van der Waals surface area contributed by atoms with Crippen molar-refractivity contribution in [1.82, 2.24) is 14.7 Å². The minimum absolute atomic E-state index is 0.625. The number of hydrogen-bond acceptors (Lipinski definition) is 4. The molecule has 0 N–H and O–H groups in total. The first-order valence-corrected chi connectivity index (χ1v) is 10.9. The van der Waals surface area contributed by atoms with Crippen LogP contribution in [-0.2, 0) is 25.9 Å². The maximum atomic E-state index is 5.63. The molecule has 1 fully saturated rings. The van der Waals surface area contributed by atoms with Gasteiger partial charge in [0.2, 0.25) is 0 Å². The molecule has 3 aromatic rings. The average Bonchev–Trinajstić information content (AvgIpc) is 3.42. The Morgan fingerprint density at radius 1 is 1.00 bits per heavy atom. The van der Waals surface area contributed by atoms with Gasteiger partial charge in [-0.3, -0.25) is 4.90 Å². The van der Waals surface area contributed by atoms with Gasteiger partial charge in [-0.15, -0.1) is 0 Å². The van der Waals surface area contributed by atoms with Crippen LogP contribution in [0.4, 0.5) is 0 Å². The molecule has 0 unspecified atom stereocenters. The number of ether oxygens (including phenoxy) is 2. The van der Waals surface area contributed by atoms with Gasteiger partial charge in [0.1, 0.15) is 11.5 Å². The van der Waals surface area contributed by atoms with Crippen molar-refractivity contribution in [2.75, 3.05) is 14.2 Å². The first-order valence-electron chi connectivity index (χ1n) is 10.9. The van der Waals surface area contributed by atoms with Crippen molar-refractivity contribution in [3.63, 3.8) is 0 Å². The van der Waals surface area contributed by atoms with E-state index in [0.717, 1.165) is 43.1 Å². The predicted octanol–water partition coefficient (Wildman–Crippen LogP) is 4.54. The highest BCUT2D eigenvalue weighted by molar-refractivity contribution is 5.41. The largest absolute Gasteiger partial charge is 0.497 e. The fraction of sp³-hybridized carbons (Fsp3) is 0.400. The van der Waals surface area contributed by atoms with Gasteiger partial charge in [0.25, 0.3) is 0 Å². The van der Waals surface area contributed by atoms with Crippen LogP contribution in [0.5, 0.6) is 11.5 Å². The van der Waals surface area contributed by atoms with Gasteiger partial charge in [0, 0.05) is 30.4 Å². The van der Waals surface area contributed by atoms with Crippen LogP contribution in [0.25, 0.3) is 5.69 Å². The predicted molar refractivity (Wildman–Crippen MR) is 117 cm³/mol. The van der Waals surface area contributed by atoms with Gasteiger partial charge in [-0.2, -0.15) is 5.10 Å². The lowest BCUT2D eigenvalue weighted by molar-refractivity contribution is 0.237. The van der Waals surface area contributed by atoms with E-state index in [2.05, 4.69) is 46.0 Å². The van der Waals surface area contributed by atoms with E-state index in [-0.39, 0.29) is 0 Å². The van der Waals surface area contributed by atoms with Crippen molar-refractivity contribution in [2.45, 2.75) is 51.2 Å². The van der Waals surface area contributed by atoms with Gasteiger partial charge in [-0.25, -0.2) is 4.68 Å². The molecule has 0 saturated heterocycles. The van der Waals surface area contributed by atoms with Crippen LogP contribution < -0.4 is 9.47 Å². The summed E-state index contributed by atoms with van der Waals surface area (Å²) in [5.74, 6) is 1.79. The molecule has 5 rings (SSSR count). The number of fused-ring (bicyclic) bond motifs is 1. The minimum Gasteiger partial charge on any atom is -0.497 e. The molecule has 0 spiro atoms. The standard InChI is InChI=1S/C25H29N3O2/c1-29-21-13-14-25(30-2)18(15-21)16-27(19-11-12-19)17-23-22-9-6-10-24(22)28(26-23)20-7-4-3-5-8-20/h3-5,7-8,13-15,19H,6,9-12,16-17H2,1-2H3. The fourth-order valence-electron chi connectivity index (χ4n) is 4.59. The van der Waals surface area contributed by atoms with E-state index < -0.39 is 0 Å². The van der Waals surface area contributed by atoms with E-state index in [0.29, 0.717) is 6.04 Å². The molecule has 0 bridgehead atoms. The van der Waals surface area contributed by atoms with Crippen LogP contribution in [0.3, 0.4) is 0 Å². The van der Waals surface area contributed by atoms with Gasteiger partial charge in [0.05, 0.1) is 25.6 Å². The highest BCUT2D eigenvalue weighted by atomic mass is 16.5. The van der Waals surface area contributed by atoms with Gasteiger partial charge in [-0.1, -0.05) is 18.2 Å². The van der Waals surface area contributed by atoms with E-state index in [1.165, 1.54) is 41.8 Å². The Kier molecular flexibility index (Phi) is 5.21. The number of para-hydroxylation sites is 1. The molecule has 0 radical (unpaired) electrons. The van der Waals surface area contributed by atoms with Crippen molar-refractivity contribution >= 4 is 0 Å². The summed E-state index contributed by atoms with van der Waals surface area (Å²) < 4.78 is 13.3. The molecule has 1 aromatic heterocycles. The summed E-state index contributed by atoms with van der Waals surface area (Å²) in [5, 5.41) is 5.09. The summed E-state index contributed by atoms with van der Waals surface area (Å²) in [4.78, 5) is 2.56. The Morgan fingerprint density at radius 3 is 2.57 bits per heavy atom. The summed E-state index contributed by atoms with van der Waals surface area (Å²) in [6.07, 6.45) is 5.99. The van der Waals surface area contributed by atoms with Gasteiger partial charge in [-0.05, 0) is 68.0 Å². The van der Waals surface area contributed by atoms with Crippen LogP contribution in [0.15, 0.2) is 48.5 Å². The molecule has 5 nitrogen and oxygen atoms in total. The zero-order valence-electron chi connectivity index (χ0n) is 17.8. The number of aromatic nitrogens is 2. The summed E-state index contributed by atoms with van der Waals surface area (Å²) in [6.45, 7) is 1.73. The van der Waals surface area contributed by atoms with Crippen LogP contribution in [0, 0.1) is 0 Å². The number of nitrogens with zero attached hydrogens (tertiary/aromatic N) is 3. The van der Waals surface area contributed by atoms with E-state index in [4.69, 9.17) is 14.6 Å². The Hall–Kier alpha value is -2.79. The van der Waals surface area contributed by atoms with E-state index in [1.807, 2.05) is 12.1 Å². The molecule has 2 aliphatic carbocycles. The lowest BCUT2D eigenvalue weighted by Gasteiger charge is -2.23. The molecule has 0 atom stereocenters. The molecule has 2 aliphatic rings. The van der Waals surface area contributed by atoms with E-state index in [9.17, 15) is 0 Å². The van der Waals surface area contributed by atoms with Crippen LogP contribution in [0.1, 0.15) is 41.8 Å². The molecule has 5 heteroatoms. The summed E-state index contributed by atoms with van der Waals surface area (Å²) >= 11 is 0. The molecular weight excluding hydrogens is 374 g/mol. The molecular formula is C25H29N3O2. The van der Waals surface area contributed by atoms with Gasteiger partial charge in [0.15, 0.2) is 0 Å². The Morgan fingerprint density at radius 2 is 1.83 bits per heavy atom. The quantitative estimate of drug-likeness (QED) is 0.553. The monoisotopic (exact) mass is 403 g/mol. The summed E-state index contributed by atoms with van der Waals surface area (Å²) in [5.41, 5.74) is 6.42. The van der Waals surface area contributed by atoms with Crippen molar-refractivity contribution in [2.24, 2.45) is 0 Å². The smallest absolute Gasteiger partial charge is 0.123 e. The number of methoxy groups -OCH3 is 2. The summed E-state index contributed by atoms with van der Waals surface area (Å²) in [6, 6.07) is 17.2. The van der Waals surface area contributed by atoms with Crippen molar-refractivity contribution in [3.8, 4) is 17.2 Å². The zero-order chi connectivity index (χ0) is 20.5. The first-order chi connectivity index (χ1) is 14.8. The second-order valence-electron chi connectivity index (χ2n) is 8.29. The maximum Gasteiger partial charge on any atom is 0.123 e. The highest BCUT2D eigenvalue weighted by Crippen LogP contribution is 2.35. The summed E-state index contributed by atoms with van der Waals surface area (Å²) in [7, 11) is 3.45. The third-order valence-electron chi connectivity index (χ3n) is 6.29. The number of benzene rings is 2. The fourth-order valence-corrected chi connectivity index (χ4v) is 4.59. The normalized spacial score (nSPS) is 15.4. The lowest BCUT2D eigenvalue weighted by atomic mass is 10.1. The second-order valence-corrected chi connectivity index (χ2v) is 8.29. The molecule has 156 valence electrons. The van der Waals surface area contributed by atoms with E-state index in [1.54, 1.807) is 14.2 Å². The molecule has 2 aromatic carbocycles. The van der Waals surface area contributed by atoms with E-state index >= 15 is 0 Å². The third-order valence-corrected chi connectivity index (χ3v) is 6.29. The van der Waals surface area contributed by atoms with Gasteiger partial charge >= 0.3 is 0 Å². The molecule has 1 saturated carbocycles. The molecule has 1 heterocycles. The molecule has 30 heavy (non-hydrogen) atoms. The average molecular weight is 404 g/mol. The number of hydrogen-bond donors (Lipinski definition) is 0. The minimum atomic E-state index is 0.625.